The van der Waals surface area contributed by atoms with Crippen molar-refractivity contribution in [2.75, 3.05) is 11.9 Å². The highest BCUT2D eigenvalue weighted by Gasteiger charge is 2.14. The summed E-state index contributed by atoms with van der Waals surface area (Å²) in [6.45, 7) is 3.00. The third-order valence-corrected chi connectivity index (χ3v) is 5.50. The SMILES string of the molecule is CCOc1ccccc1-c1csc(NC(=O)c2cnn(Cc3ccccc3Cl)c2)n1. The normalized spacial score (nSPS) is 10.7. The zero-order chi connectivity index (χ0) is 20.9. The second-order valence-corrected chi connectivity index (χ2v) is 7.70. The van der Waals surface area contributed by atoms with Crippen molar-refractivity contribution in [3.05, 3.63) is 82.5 Å². The molecule has 0 atom stereocenters. The number of para-hydroxylation sites is 1. The highest BCUT2D eigenvalue weighted by atomic mass is 35.5. The van der Waals surface area contributed by atoms with E-state index >= 15 is 0 Å². The van der Waals surface area contributed by atoms with Crippen molar-refractivity contribution in [2.45, 2.75) is 13.5 Å². The quantitative estimate of drug-likeness (QED) is 0.421. The molecule has 0 fully saturated rings. The standard InChI is InChI=1S/C22H19ClN4O2S/c1-2-29-20-10-6-4-8-17(20)19-14-30-22(25-19)26-21(28)16-11-24-27(13-16)12-15-7-3-5-9-18(15)23/h3-11,13-14H,2,12H2,1H3,(H,25,26,28). The molecule has 0 saturated carbocycles. The topological polar surface area (TPSA) is 69.0 Å². The van der Waals surface area contributed by atoms with E-state index in [9.17, 15) is 4.79 Å². The highest BCUT2D eigenvalue weighted by Crippen LogP contribution is 2.32. The molecule has 0 aliphatic heterocycles. The summed E-state index contributed by atoms with van der Waals surface area (Å²) in [6, 6.07) is 15.3. The number of thiazole rings is 1. The maximum absolute atomic E-state index is 12.6. The summed E-state index contributed by atoms with van der Waals surface area (Å²) < 4.78 is 7.35. The number of nitrogens with one attached hydrogen (secondary N) is 1. The van der Waals surface area contributed by atoms with Crippen LogP contribution in [0.15, 0.2) is 66.3 Å². The van der Waals surface area contributed by atoms with Gasteiger partial charge >= 0.3 is 0 Å². The van der Waals surface area contributed by atoms with Crippen LogP contribution in [0.1, 0.15) is 22.8 Å². The lowest BCUT2D eigenvalue weighted by Crippen LogP contribution is -2.11. The molecule has 0 spiro atoms. The molecule has 6 nitrogen and oxygen atoms in total. The first-order valence-electron chi connectivity index (χ1n) is 9.39. The molecule has 2 heterocycles. The van der Waals surface area contributed by atoms with Gasteiger partial charge in [-0.3, -0.25) is 14.8 Å². The summed E-state index contributed by atoms with van der Waals surface area (Å²) in [7, 11) is 0. The molecule has 0 aliphatic rings. The lowest BCUT2D eigenvalue weighted by Gasteiger charge is -2.07. The molecule has 152 valence electrons. The van der Waals surface area contributed by atoms with E-state index in [1.54, 1.807) is 10.9 Å². The Bertz CT molecular complexity index is 1170. The van der Waals surface area contributed by atoms with Gasteiger partial charge in [0.05, 0.1) is 30.6 Å². The first-order valence-corrected chi connectivity index (χ1v) is 10.6. The van der Waals surface area contributed by atoms with Crippen LogP contribution < -0.4 is 10.1 Å². The molecule has 0 aliphatic carbocycles. The largest absolute Gasteiger partial charge is 0.493 e. The zero-order valence-electron chi connectivity index (χ0n) is 16.2. The summed E-state index contributed by atoms with van der Waals surface area (Å²) in [4.78, 5) is 17.2. The van der Waals surface area contributed by atoms with Crippen molar-refractivity contribution in [1.82, 2.24) is 14.8 Å². The number of nitrogens with zero attached hydrogens (tertiary/aromatic N) is 3. The molecular weight excluding hydrogens is 420 g/mol. The van der Waals surface area contributed by atoms with Crippen LogP contribution in [0.5, 0.6) is 5.75 Å². The van der Waals surface area contributed by atoms with Crippen molar-refractivity contribution < 1.29 is 9.53 Å². The first-order chi connectivity index (χ1) is 14.6. The van der Waals surface area contributed by atoms with Crippen LogP contribution in [-0.2, 0) is 6.54 Å². The maximum atomic E-state index is 12.6. The van der Waals surface area contributed by atoms with Gasteiger partial charge in [0.2, 0.25) is 0 Å². The average molecular weight is 439 g/mol. The third-order valence-electron chi connectivity index (χ3n) is 4.37. The van der Waals surface area contributed by atoms with E-state index in [-0.39, 0.29) is 5.91 Å². The molecule has 0 radical (unpaired) electrons. The van der Waals surface area contributed by atoms with E-state index in [4.69, 9.17) is 16.3 Å². The van der Waals surface area contributed by atoms with Gasteiger partial charge in [0, 0.05) is 22.2 Å². The molecule has 2 aromatic carbocycles. The number of carbonyl (C=O) groups is 1. The molecule has 30 heavy (non-hydrogen) atoms. The Morgan fingerprint density at radius 3 is 2.83 bits per heavy atom. The van der Waals surface area contributed by atoms with Crippen molar-refractivity contribution >= 4 is 34.0 Å². The van der Waals surface area contributed by atoms with Crippen LogP contribution in [0, 0.1) is 0 Å². The van der Waals surface area contributed by atoms with Crippen LogP contribution in [-0.4, -0.2) is 27.3 Å². The van der Waals surface area contributed by atoms with Gasteiger partial charge in [0.15, 0.2) is 5.13 Å². The number of hydrogen-bond acceptors (Lipinski definition) is 5. The molecule has 0 unspecified atom stereocenters. The fourth-order valence-electron chi connectivity index (χ4n) is 2.95. The molecule has 4 aromatic rings. The lowest BCUT2D eigenvalue weighted by atomic mass is 10.1. The van der Waals surface area contributed by atoms with Crippen LogP contribution in [0.25, 0.3) is 11.3 Å². The smallest absolute Gasteiger partial charge is 0.260 e. The van der Waals surface area contributed by atoms with E-state index in [0.29, 0.717) is 28.9 Å². The Kier molecular flexibility index (Phi) is 6.11. The zero-order valence-corrected chi connectivity index (χ0v) is 17.8. The van der Waals surface area contributed by atoms with Crippen LogP contribution in [0.2, 0.25) is 5.02 Å². The molecule has 0 saturated heterocycles. The number of aromatic nitrogens is 3. The summed E-state index contributed by atoms with van der Waals surface area (Å²) >= 11 is 7.56. The maximum Gasteiger partial charge on any atom is 0.260 e. The predicted molar refractivity (Wildman–Crippen MR) is 119 cm³/mol. The van der Waals surface area contributed by atoms with E-state index in [1.807, 2.05) is 60.8 Å². The second-order valence-electron chi connectivity index (χ2n) is 6.44. The van der Waals surface area contributed by atoms with Crippen LogP contribution in [0.4, 0.5) is 5.13 Å². The average Bonchev–Trinajstić information content (AvgIpc) is 3.40. The van der Waals surface area contributed by atoms with Gasteiger partial charge in [-0.05, 0) is 30.7 Å². The Hall–Kier alpha value is -3.16. The highest BCUT2D eigenvalue weighted by molar-refractivity contribution is 7.14. The number of hydrogen-bond donors (Lipinski definition) is 1. The third kappa shape index (κ3) is 4.53. The Morgan fingerprint density at radius 2 is 2.00 bits per heavy atom. The monoisotopic (exact) mass is 438 g/mol. The minimum atomic E-state index is -0.264. The number of carbonyl (C=O) groups excluding carboxylic acids is 1. The Labute approximate surface area is 183 Å². The van der Waals surface area contributed by atoms with Gasteiger partial charge in [-0.1, -0.05) is 41.9 Å². The molecule has 1 N–H and O–H groups in total. The number of rotatable bonds is 7. The molecule has 8 heteroatoms. The van der Waals surface area contributed by atoms with E-state index < -0.39 is 0 Å². The molecule has 1 amide bonds. The number of benzene rings is 2. The van der Waals surface area contributed by atoms with Crippen molar-refractivity contribution in [2.24, 2.45) is 0 Å². The number of halogens is 1. The number of ether oxygens (including phenoxy) is 1. The molecule has 2 aromatic heterocycles. The van der Waals surface area contributed by atoms with Gasteiger partial charge in [0.1, 0.15) is 5.75 Å². The van der Waals surface area contributed by atoms with E-state index in [0.717, 1.165) is 22.6 Å². The number of amides is 1. The Morgan fingerprint density at radius 1 is 1.20 bits per heavy atom. The van der Waals surface area contributed by atoms with E-state index in [1.165, 1.54) is 17.5 Å². The van der Waals surface area contributed by atoms with Gasteiger partial charge < -0.3 is 4.74 Å². The molecule has 4 rings (SSSR count). The predicted octanol–water partition coefficient (Wildman–Crippen LogP) is 5.36. The summed E-state index contributed by atoms with van der Waals surface area (Å²) in [5.74, 6) is 0.503. The first kappa shape index (κ1) is 20.1. The van der Waals surface area contributed by atoms with Gasteiger partial charge in [0.25, 0.3) is 5.91 Å². The summed E-state index contributed by atoms with van der Waals surface area (Å²) in [5.41, 5.74) is 3.04. The fourth-order valence-corrected chi connectivity index (χ4v) is 3.85. The van der Waals surface area contributed by atoms with E-state index in [2.05, 4.69) is 15.4 Å². The Balaban J connectivity index is 1.46. The summed E-state index contributed by atoms with van der Waals surface area (Å²) in [5, 5.41) is 10.2. The summed E-state index contributed by atoms with van der Waals surface area (Å²) in [6.07, 6.45) is 3.22. The molecule has 0 bridgehead atoms. The van der Waals surface area contributed by atoms with Crippen molar-refractivity contribution in [3.63, 3.8) is 0 Å². The van der Waals surface area contributed by atoms with Crippen molar-refractivity contribution in [3.8, 4) is 17.0 Å². The van der Waals surface area contributed by atoms with Gasteiger partial charge in [-0.2, -0.15) is 5.10 Å². The lowest BCUT2D eigenvalue weighted by molar-refractivity contribution is 0.102. The fraction of sp³-hybridized carbons (Fsp3) is 0.136. The second kappa shape index (κ2) is 9.11. The van der Waals surface area contributed by atoms with Gasteiger partial charge in [-0.15, -0.1) is 11.3 Å². The minimum Gasteiger partial charge on any atom is -0.493 e. The van der Waals surface area contributed by atoms with Crippen LogP contribution in [0.3, 0.4) is 0 Å². The van der Waals surface area contributed by atoms with Gasteiger partial charge in [-0.25, -0.2) is 4.98 Å². The number of anilines is 1. The molecular formula is C22H19ClN4O2S. The minimum absolute atomic E-state index is 0.264. The van der Waals surface area contributed by atoms with Crippen molar-refractivity contribution in [1.29, 1.82) is 0 Å². The van der Waals surface area contributed by atoms with Crippen LogP contribution >= 0.6 is 22.9 Å².